The summed E-state index contributed by atoms with van der Waals surface area (Å²) in [5.41, 5.74) is 5.43. The number of ether oxygens (including phenoxy) is 1. The van der Waals surface area contributed by atoms with Crippen molar-refractivity contribution in [1.29, 1.82) is 0 Å². The molecule has 0 bridgehead atoms. The van der Waals surface area contributed by atoms with Crippen molar-refractivity contribution in [3.63, 3.8) is 0 Å². The van der Waals surface area contributed by atoms with E-state index in [1.165, 1.54) is 37.5 Å². The van der Waals surface area contributed by atoms with Gasteiger partial charge in [0.2, 0.25) is 0 Å². The average molecular weight is 355 g/mol. The molecule has 3 saturated carbocycles. The zero-order chi connectivity index (χ0) is 18.3. The average Bonchev–Trinajstić information content (AvgIpc) is 3.29. The minimum absolute atomic E-state index is 0.215. The number of methoxy groups -OCH3 is 1. The van der Waals surface area contributed by atoms with Gasteiger partial charge in [-0.3, -0.25) is 0 Å². The molecule has 3 heteroatoms. The van der Waals surface area contributed by atoms with Gasteiger partial charge in [-0.1, -0.05) is 42.5 Å². The molecule has 1 aromatic heterocycles. The van der Waals surface area contributed by atoms with Crippen LogP contribution in [0.4, 0.5) is 0 Å². The monoisotopic (exact) mass is 355 g/mol. The van der Waals surface area contributed by atoms with Crippen LogP contribution in [0.15, 0.2) is 73.1 Å². The first-order valence-electron chi connectivity index (χ1n) is 9.58. The van der Waals surface area contributed by atoms with Crippen LogP contribution in [0.25, 0.3) is 5.69 Å². The highest BCUT2D eigenvalue weighted by molar-refractivity contribution is 5.94. The lowest BCUT2D eigenvalue weighted by atomic mass is 9.67. The highest BCUT2D eigenvalue weighted by atomic mass is 16.5. The van der Waals surface area contributed by atoms with Crippen LogP contribution in [-0.2, 0) is 15.6 Å². The van der Waals surface area contributed by atoms with E-state index in [0.29, 0.717) is 16.4 Å². The van der Waals surface area contributed by atoms with Crippen molar-refractivity contribution >= 4 is 5.97 Å². The number of rotatable bonds is 4. The molecule has 3 aliphatic rings. The van der Waals surface area contributed by atoms with Crippen LogP contribution in [0.1, 0.15) is 40.7 Å². The van der Waals surface area contributed by atoms with Crippen molar-refractivity contribution in [2.45, 2.75) is 30.1 Å². The van der Waals surface area contributed by atoms with Crippen molar-refractivity contribution in [3.05, 3.63) is 89.7 Å². The number of aromatic nitrogens is 1. The summed E-state index contributed by atoms with van der Waals surface area (Å²) in [4.78, 5) is 12.5. The maximum Gasteiger partial charge on any atom is 0.340 e. The summed E-state index contributed by atoms with van der Waals surface area (Å²) in [6, 6.07) is 21.1. The highest BCUT2D eigenvalue weighted by Gasteiger charge is 2.96. The zero-order valence-electron chi connectivity index (χ0n) is 15.3. The SMILES string of the molecule is COC(=O)c1cccc(C23CC4(c5ccccc5)CC42C3)c1-n1cccc1. The minimum atomic E-state index is -0.268. The third-order valence-electron chi connectivity index (χ3n) is 7.54. The summed E-state index contributed by atoms with van der Waals surface area (Å²) in [6.45, 7) is 0. The first-order valence-corrected chi connectivity index (χ1v) is 9.58. The van der Waals surface area contributed by atoms with Gasteiger partial charge < -0.3 is 9.30 Å². The molecule has 3 fully saturated rings. The van der Waals surface area contributed by atoms with Gasteiger partial charge in [0.1, 0.15) is 0 Å². The summed E-state index contributed by atoms with van der Waals surface area (Å²) in [5.74, 6) is -0.268. The molecule has 0 aliphatic heterocycles. The number of carbonyl (C=O) groups excluding carboxylic acids is 1. The molecule has 3 aliphatic carbocycles. The van der Waals surface area contributed by atoms with Crippen LogP contribution in [0.3, 0.4) is 0 Å². The Morgan fingerprint density at radius 2 is 1.63 bits per heavy atom. The van der Waals surface area contributed by atoms with Crippen molar-refractivity contribution < 1.29 is 9.53 Å². The molecule has 3 aromatic rings. The van der Waals surface area contributed by atoms with Crippen LogP contribution in [0, 0.1) is 5.41 Å². The Bertz CT molecular complexity index is 1070. The third-order valence-corrected chi connectivity index (χ3v) is 7.54. The molecule has 0 amide bonds. The fourth-order valence-corrected chi connectivity index (χ4v) is 6.32. The summed E-state index contributed by atoms with van der Waals surface area (Å²) in [7, 11) is 1.45. The second-order valence-electron chi connectivity index (χ2n) is 8.43. The Morgan fingerprint density at radius 1 is 0.889 bits per heavy atom. The van der Waals surface area contributed by atoms with Crippen molar-refractivity contribution in [2.75, 3.05) is 7.11 Å². The number of nitrogens with zero attached hydrogens (tertiary/aromatic N) is 1. The predicted molar refractivity (Wildman–Crippen MR) is 103 cm³/mol. The predicted octanol–water partition coefficient (Wildman–Crippen LogP) is 4.64. The molecule has 27 heavy (non-hydrogen) atoms. The number of hydrogen-bond acceptors (Lipinski definition) is 2. The van der Waals surface area contributed by atoms with Gasteiger partial charge in [-0.05, 0) is 54.0 Å². The normalized spacial score (nSPS) is 32.0. The lowest BCUT2D eigenvalue weighted by molar-refractivity contribution is 0.0600. The Labute approximate surface area is 158 Å². The lowest BCUT2D eigenvalue weighted by Crippen LogP contribution is -2.34. The van der Waals surface area contributed by atoms with E-state index in [4.69, 9.17) is 4.74 Å². The molecule has 0 N–H and O–H groups in total. The number of esters is 1. The van der Waals surface area contributed by atoms with Crippen LogP contribution in [0.5, 0.6) is 0 Å². The highest BCUT2D eigenvalue weighted by Crippen LogP contribution is 3.00. The van der Waals surface area contributed by atoms with E-state index < -0.39 is 0 Å². The molecule has 3 atom stereocenters. The maximum absolute atomic E-state index is 12.5. The number of hydrogen-bond donors (Lipinski definition) is 0. The number of carbonyl (C=O) groups is 1. The molecule has 0 saturated heterocycles. The minimum Gasteiger partial charge on any atom is -0.465 e. The van der Waals surface area contributed by atoms with E-state index in [1.54, 1.807) is 0 Å². The Kier molecular flexibility index (Phi) is 2.67. The summed E-state index contributed by atoms with van der Waals surface area (Å²) in [6.07, 6.45) is 7.73. The smallest absolute Gasteiger partial charge is 0.340 e. The van der Waals surface area contributed by atoms with E-state index in [0.717, 1.165) is 5.69 Å². The van der Waals surface area contributed by atoms with Crippen molar-refractivity contribution in [3.8, 4) is 5.69 Å². The van der Waals surface area contributed by atoms with E-state index in [-0.39, 0.29) is 11.4 Å². The molecule has 0 radical (unpaired) electrons. The topological polar surface area (TPSA) is 31.2 Å². The molecule has 1 spiro atoms. The molecule has 3 unspecified atom stereocenters. The van der Waals surface area contributed by atoms with Crippen LogP contribution in [-0.4, -0.2) is 17.6 Å². The van der Waals surface area contributed by atoms with E-state index >= 15 is 0 Å². The Hall–Kier alpha value is -2.81. The molecule has 1 heterocycles. The summed E-state index contributed by atoms with van der Waals surface area (Å²) in [5, 5.41) is 0. The fraction of sp³-hybridized carbons (Fsp3) is 0.292. The second kappa shape index (κ2) is 4.72. The molecule has 134 valence electrons. The lowest BCUT2D eigenvalue weighted by Gasteiger charge is -2.36. The van der Waals surface area contributed by atoms with E-state index in [2.05, 4.69) is 41.0 Å². The van der Waals surface area contributed by atoms with Gasteiger partial charge in [-0.15, -0.1) is 0 Å². The van der Waals surface area contributed by atoms with Crippen LogP contribution < -0.4 is 0 Å². The van der Waals surface area contributed by atoms with Crippen LogP contribution in [0.2, 0.25) is 0 Å². The van der Waals surface area contributed by atoms with Gasteiger partial charge in [0.05, 0.1) is 18.4 Å². The van der Waals surface area contributed by atoms with Gasteiger partial charge in [0.15, 0.2) is 0 Å². The molecule has 2 aromatic carbocycles. The number of benzene rings is 2. The van der Waals surface area contributed by atoms with E-state index in [9.17, 15) is 4.79 Å². The molecular formula is C24H21NO2. The van der Waals surface area contributed by atoms with Crippen LogP contribution >= 0.6 is 0 Å². The molecule has 6 rings (SSSR count). The van der Waals surface area contributed by atoms with Crippen molar-refractivity contribution in [1.82, 2.24) is 4.57 Å². The van der Waals surface area contributed by atoms with Crippen molar-refractivity contribution in [2.24, 2.45) is 5.41 Å². The van der Waals surface area contributed by atoms with E-state index in [1.807, 2.05) is 36.7 Å². The Balaban J connectivity index is 1.48. The first kappa shape index (κ1) is 15.3. The fourth-order valence-electron chi connectivity index (χ4n) is 6.32. The third kappa shape index (κ3) is 1.62. The molecular weight excluding hydrogens is 334 g/mol. The second-order valence-corrected chi connectivity index (χ2v) is 8.43. The summed E-state index contributed by atoms with van der Waals surface area (Å²) < 4.78 is 7.16. The van der Waals surface area contributed by atoms with Gasteiger partial charge in [0, 0.05) is 23.2 Å². The summed E-state index contributed by atoms with van der Waals surface area (Å²) >= 11 is 0. The number of para-hydroxylation sites is 1. The standard InChI is InChI=1S/C24H21NO2/c1-27-21(26)18-10-7-11-19(20(18)25-12-5-6-13-25)23-14-22(15-24(22,23)16-23)17-8-3-2-4-9-17/h2-13H,14-16H2,1H3. The van der Waals surface area contributed by atoms with Gasteiger partial charge >= 0.3 is 5.97 Å². The Morgan fingerprint density at radius 3 is 2.33 bits per heavy atom. The largest absolute Gasteiger partial charge is 0.465 e. The first-order chi connectivity index (χ1) is 13.2. The van der Waals surface area contributed by atoms with Gasteiger partial charge in [-0.2, -0.15) is 0 Å². The maximum atomic E-state index is 12.5. The molecule has 3 nitrogen and oxygen atoms in total. The van der Waals surface area contributed by atoms with Gasteiger partial charge in [0.25, 0.3) is 0 Å². The van der Waals surface area contributed by atoms with Gasteiger partial charge in [-0.25, -0.2) is 4.79 Å². The zero-order valence-corrected chi connectivity index (χ0v) is 15.3. The quantitative estimate of drug-likeness (QED) is 0.639.